The predicted octanol–water partition coefficient (Wildman–Crippen LogP) is 2.47. The van der Waals surface area contributed by atoms with Crippen LogP contribution < -0.4 is 4.90 Å². The van der Waals surface area contributed by atoms with Crippen LogP contribution in [0.2, 0.25) is 0 Å². The molecule has 0 atom stereocenters. The molecule has 0 bridgehead atoms. The van der Waals surface area contributed by atoms with Gasteiger partial charge in [0.15, 0.2) is 0 Å². The summed E-state index contributed by atoms with van der Waals surface area (Å²) in [7, 11) is 3.64. The van der Waals surface area contributed by atoms with Gasteiger partial charge in [0.2, 0.25) is 5.95 Å². The highest BCUT2D eigenvalue weighted by Gasteiger charge is 2.06. The molecule has 0 unspecified atom stereocenters. The van der Waals surface area contributed by atoms with Crippen LogP contribution in [0, 0.1) is 0 Å². The van der Waals surface area contributed by atoms with Gasteiger partial charge in [0.25, 0.3) is 0 Å². The third kappa shape index (κ3) is 2.73. The van der Waals surface area contributed by atoms with Crippen LogP contribution in [0.3, 0.4) is 0 Å². The van der Waals surface area contributed by atoms with Crippen LogP contribution in [-0.4, -0.2) is 37.3 Å². The molecule has 4 nitrogen and oxygen atoms in total. The first-order valence-corrected chi connectivity index (χ1v) is 6.13. The number of nitrogens with zero attached hydrogens (tertiary/aromatic N) is 3. The maximum Gasteiger partial charge on any atom is 0.225 e. The Hall–Kier alpha value is -1.20. The lowest BCUT2D eigenvalue weighted by Crippen LogP contribution is -2.24. The highest BCUT2D eigenvalue weighted by molar-refractivity contribution is 9.10. The van der Waals surface area contributed by atoms with E-state index in [2.05, 4.69) is 25.9 Å². The highest BCUT2D eigenvalue weighted by Crippen LogP contribution is 2.22. The molecule has 0 aliphatic heterocycles. The van der Waals surface area contributed by atoms with Gasteiger partial charge in [-0.05, 0) is 12.1 Å². The van der Waals surface area contributed by atoms with Gasteiger partial charge < -0.3 is 9.64 Å². The van der Waals surface area contributed by atoms with E-state index in [-0.39, 0.29) is 0 Å². The molecule has 1 heterocycles. The second-order valence-electron chi connectivity index (χ2n) is 3.76. The van der Waals surface area contributed by atoms with Crippen LogP contribution in [0.4, 0.5) is 5.95 Å². The summed E-state index contributed by atoms with van der Waals surface area (Å²) in [6.07, 6.45) is 1.84. The summed E-state index contributed by atoms with van der Waals surface area (Å²) in [4.78, 5) is 10.8. The van der Waals surface area contributed by atoms with E-state index in [9.17, 15) is 0 Å². The number of likely N-dealkylation sites (N-methyl/N-ethyl adjacent to an activating group) is 1. The average Bonchev–Trinajstić information content (AvgIpc) is 2.36. The van der Waals surface area contributed by atoms with Gasteiger partial charge in [0, 0.05) is 36.8 Å². The summed E-state index contributed by atoms with van der Waals surface area (Å²) in [5.74, 6) is 0.715. The predicted molar refractivity (Wildman–Crippen MR) is 72.4 cm³/mol. The van der Waals surface area contributed by atoms with Crippen molar-refractivity contribution in [1.82, 2.24) is 9.97 Å². The molecule has 5 heteroatoms. The Morgan fingerprint density at radius 2 is 2.24 bits per heavy atom. The number of ether oxygens (including phenoxy) is 1. The first-order valence-electron chi connectivity index (χ1n) is 5.33. The van der Waals surface area contributed by atoms with Crippen molar-refractivity contribution in [2.75, 3.05) is 32.2 Å². The monoisotopic (exact) mass is 295 g/mol. The van der Waals surface area contributed by atoms with Gasteiger partial charge in [0.05, 0.1) is 12.1 Å². The molecule has 0 N–H and O–H groups in total. The quantitative estimate of drug-likeness (QED) is 0.869. The number of anilines is 1. The minimum Gasteiger partial charge on any atom is -0.383 e. The number of hydrogen-bond donors (Lipinski definition) is 0. The second-order valence-corrected chi connectivity index (χ2v) is 4.61. The van der Waals surface area contributed by atoms with E-state index < -0.39 is 0 Å². The van der Waals surface area contributed by atoms with Crippen molar-refractivity contribution in [2.45, 2.75) is 0 Å². The number of benzene rings is 1. The van der Waals surface area contributed by atoms with Gasteiger partial charge in [-0.25, -0.2) is 9.97 Å². The average molecular weight is 296 g/mol. The molecule has 2 aromatic rings. The summed E-state index contributed by atoms with van der Waals surface area (Å²) < 4.78 is 6.05. The molecular weight excluding hydrogens is 282 g/mol. The normalized spacial score (nSPS) is 10.8. The van der Waals surface area contributed by atoms with Crippen LogP contribution in [0.15, 0.2) is 28.9 Å². The minimum atomic E-state index is 0.663. The lowest BCUT2D eigenvalue weighted by atomic mass is 10.2. The molecule has 2 rings (SSSR count). The summed E-state index contributed by atoms with van der Waals surface area (Å²) in [5.41, 5.74) is 0.939. The summed E-state index contributed by atoms with van der Waals surface area (Å²) in [6.45, 7) is 1.44. The molecule has 0 spiro atoms. The smallest absolute Gasteiger partial charge is 0.225 e. The van der Waals surface area contributed by atoms with Crippen molar-refractivity contribution in [2.24, 2.45) is 0 Å². The molecule has 1 aromatic carbocycles. The Labute approximate surface area is 109 Å². The number of aromatic nitrogens is 2. The zero-order valence-corrected chi connectivity index (χ0v) is 11.4. The maximum atomic E-state index is 5.04. The molecule has 0 saturated carbocycles. The molecular formula is C12H14BrN3O. The number of halogens is 1. The van der Waals surface area contributed by atoms with E-state index in [1.54, 1.807) is 7.11 Å². The van der Waals surface area contributed by atoms with E-state index in [1.807, 2.05) is 36.3 Å². The van der Waals surface area contributed by atoms with Gasteiger partial charge in [-0.2, -0.15) is 0 Å². The van der Waals surface area contributed by atoms with Crippen molar-refractivity contribution >= 4 is 32.8 Å². The molecule has 0 saturated heterocycles. The van der Waals surface area contributed by atoms with E-state index in [0.29, 0.717) is 12.6 Å². The van der Waals surface area contributed by atoms with Gasteiger partial charge in [0.1, 0.15) is 0 Å². The Balaban J connectivity index is 2.31. The SMILES string of the molecule is COCCN(C)c1ncc2c(Br)cccc2n1. The summed E-state index contributed by atoms with van der Waals surface area (Å²) >= 11 is 3.49. The fraction of sp³-hybridized carbons (Fsp3) is 0.333. The lowest BCUT2D eigenvalue weighted by Gasteiger charge is -2.16. The van der Waals surface area contributed by atoms with E-state index in [4.69, 9.17) is 4.74 Å². The Morgan fingerprint density at radius 3 is 3.00 bits per heavy atom. The summed E-state index contributed by atoms with van der Waals surface area (Å²) in [5, 5.41) is 1.02. The molecule has 0 radical (unpaired) electrons. The van der Waals surface area contributed by atoms with Crippen molar-refractivity contribution in [1.29, 1.82) is 0 Å². The summed E-state index contributed by atoms with van der Waals surface area (Å²) in [6, 6.07) is 5.94. The Morgan fingerprint density at radius 1 is 1.41 bits per heavy atom. The molecule has 1 aromatic heterocycles. The first-order chi connectivity index (χ1) is 8.22. The highest BCUT2D eigenvalue weighted by atomic mass is 79.9. The molecule has 0 fully saturated rings. The van der Waals surface area contributed by atoms with Crippen LogP contribution in [0.25, 0.3) is 10.9 Å². The van der Waals surface area contributed by atoms with Crippen molar-refractivity contribution in [3.63, 3.8) is 0 Å². The standard InChI is InChI=1S/C12H14BrN3O/c1-16(6-7-17-2)12-14-8-9-10(13)4-3-5-11(9)15-12/h3-5,8H,6-7H2,1-2H3. The maximum absolute atomic E-state index is 5.04. The molecule has 0 amide bonds. The van der Waals surface area contributed by atoms with Crippen molar-refractivity contribution in [3.8, 4) is 0 Å². The minimum absolute atomic E-state index is 0.663. The van der Waals surface area contributed by atoms with Gasteiger partial charge in [-0.1, -0.05) is 22.0 Å². The van der Waals surface area contributed by atoms with Crippen LogP contribution in [0.5, 0.6) is 0 Å². The van der Waals surface area contributed by atoms with Crippen LogP contribution >= 0.6 is 15.9 Å². The molecule has 0 aliphatic rings. The van der Waals surface area contributed by atoms with Gasteiger partial charge in [-0.3, -0.25) is 0 Å². The van der Waals surface area contributed by atoms with Crippen molar-refractivity contribution in [3.05, 3.63) is 28.9 Å². The number of rotatable bonds is 4. The Bertz CT molecular complexity index is 518. The topological polar surface area (TPSA) is 38.2 Å². The largest absolute Gasteiger partial charge is 0.383 e. The second kappa shape index (κ2) is 5.42. The third-order valence-corrected chi connectivity index (χ3v) is 3.22. The third-order valence-electron chi connectivity index (χ3n) is 2.53. The first kappa shape index (κ1) is 12.3. The van der Waals surface area contributed by atoms with Crippen LogP contribution in [-0.2, 0) is 4.74 Å². The molecule has 0 aliphatic carbocycles. The van der Waals surface area contributed by atoms with E-state index in [1.165, 1.54) is 0 Å². The van der Waals surface area contributed by atoms with Crippen molar-refractivity contribution < 1.29 is 4.74 Å². The number of fused-ring (bicyclic) bond motifs is 1. The van der Waals surface area contributed by atoms with E-state index in [0.717, 1.165) is 21.9 Å². The number of methoxy groups -OCH3 is 1. The fourth-order valence-electron chi connectivity index (χ4n) is 1.52. The lowest BCUT2D eigenvalue weighted by molar-refractivity contribution is 0.206. The van der Waals surface area contributed by atoms with Gasteiger partial charge in [-0.15, -0.1) is 0 Å². The molecule has 90 valence electrons. The number of hydrogen-bond acceptors (Lipinski definition) is 4. The fourth-order valence-corrected chi connectivity index (χ4v) is 1.98. The zero-order valence-electron chi connectivity index (χ0n) is 9.85. The van der Waals surface area contributed by atoms with Crippen LogP contribution in [0.1, 0.15) is 0 Å². The Kier molecular flexibility index (Phi) is 3.91. The molecule has 17 heavy (non-hydrogen) atoms. The zero-order chi connectivity index (χ0) is 12.3. The van der Waals surface area contributed by atoms with Gasteiger partial charge >= 0.3 is 0 Å². The van der Waals surface area contributed by atoms with E-state index >= 15 is 0 Å².